The molecule has 0 amide bonds. The van der Waals surface area contributed by atoms with Crippen LogP contribution in [-0.4, -0.2) is 60.8 Å². The molecule has 1 fully saturated rings. The second-order valence-electron chi connectivity index (χ2n) is 6.87. The number of nitrogens with zero attached hydrogens (tertiary/aromatic N) is 3. The predicted molar refractivity (Wildman–Crippen MR) is 113 cm³/mol. The van der Waals surface area contributed by atoms with E-state index in [-0.39, 0.29) is 43.4 Å². The van der Waals surface area contributed by atoms with Gasteiger partial charge in [-0.3, -0.25) is 4.79 Å². The lowest BCUT2D eigenvalue weighted by Crippen LogP contribution is -2.45. The molecule has 1 saturated heterocycles. The van der Waals surface area contributed by atoms with E-state index in [4.69, 9.17) is 20.2 Å². The van der Waals surface area contributed by atoms with Crippen molar-refractivity contribution in [1.29, 1.82) is 0 Å². The standard InChI is InChI=1S/C19H26N4O3S.ClH/c1-12-8-23(9-13(2)26-12)18-6-4-5-15(21-18)16-11-27-19(22-16)7-17(24)14(20)10-25-3;/h4-6,11-14H,7-10,20H2,1-3H3;1H/t12-,13+,14-;/m0./s1. The molecule has 0 bridgehead atoms. The molecule has 0 spiro atoms. The van der Waals surface area contributed by atoms with Crippen molar-refractivity contribution in [2.45, 2.75) is 38.5 Å². The number of ether oxygens (including phenoxy) is 2. The summed E-state index contributed by atoms with van der Waals surface area (Å²) in [6.07, 6.45) is 0.563. The van der Waals surface area contributed by atoms with Crippen LogP contribution in [0.5, 0.6) is 0 Å². The number of methoxy groups -OCH3 is 1. The van der Waals surface area contributed by atoms with Gasteiger partial charge < -0.3 is 20.1 Å². The Balaban J connectivity index is 0.00000280. The Hall–Kier alpha value is -1.58. The summed E-state index contributed by atoms with van der Waals surface area (Å²) in [6, 6.07) is 5.32. The lowest BCUT2D eigenvalue weighted by atomic mass is 10.1. The molecule has 3 rings (SSSR count). The predicted octanol–water partition coefficient (Wildman–Crippen LogP) is 2.33. The zero-order valence-electron chi connectivity index (χ0n) is 16.3. The van der Waals surface area contributed by atoms with Gasteiger partial charge in [0.25, 0.3) is 0 Å². The van der Waals surface area contributed by atoms with Crippen LogP contribution in [-0.2, 0) is 20.7 Å². The van der Waals surface area contributed by atoms with Crippen LogP contribution in [0, 0.1) is 0 Å². The Morgan fingerprint density at radius 2 is 2.04 bits per heavy atom. The first-order valence-electron chi connectivity index (χ1n) is 9.05. The summed E-state index contributed by atoms with van der Waals surface area (Å²) in [5.74, 6) is 0.845. The second kappa shape index (κ2) is 10.3. The van der Waals surface area contributed by atoms with Crippen molar-refractivity contribution in [3.63, 3.8) is 0 Å². The fourth-order valence-corrected chi connectivity index (χ4v) is 3.97. The Morgan fingerprint density at radius 1 is 1.32 bits per heavy atom. The van der Waals surface area contributed by atoms with Gasteiger partial charge in [-0.1, -0.05) is 6.07 Å². The van der Waals surface area contributed by atoms with E-state index in [9.17, 15) is 4.79 Å². The van der Waals surface area contributed by atoms with Crippen molar-refractivity contribution in [3.8, 4) is 11.4 Å². The minimum Gasteiger partial charge on any atom is -0.383 e. The van der Waals surface area contributed by atoms with Crippen LogP contribution >= 0.6 is 23.7 Å². The Bertz CT molecular complexity index is 778. The zero-order valence-corrected chi connectivity index (χ0v) is 18.0. The highest BCUT2D eigenvalue weighted by Crippen LogP contribution is 2.25. The smallest absolute Gasteiger partial charge is 0.158 e. The molecule has 0 aliphatic carbocycles. The quantitative estimate of drug-likeness (QED) is 0.726. The van der Waals surface area contributed by atoms with Gasteiger partial charge in [-0.2, -0.15) is 0 Å². The number of rotatable bonds is 7. The Morgan fingerprint density at radius 3 is 2.71 bits per heavy atom. The Labute approximate surface area is 175 Å². The molecule has 0 aromatic carbocycles. The molecule has 0 unspecified atom stereocenters. The average molecular weight is 427 g/mol. The molecule has 154 valence electrons. The molecule has 2 aromatic rings. The summed E-state index contributed by atoms with van der Waals surface area (Å²) in [6.45, 7) is 6.00. The molecule has 1 aliphatic heterocycles. The third-order valence-electron chi connectivity index (χ3n) is 4.38. The van der Waals surface area contributed by atoms with Crippen LogP contribution < -0.4 is 10.6 Å². The van der Waals surface area contributed by atoms with Crippen LogP contribution in [0.1, 0.15) is 18.9 Å². The molecule has 7 nitrogen and oxygen atoms in total. The van der Waals surface area contributed by atoms with Crippen LogP contribution in [0.25, 0.3) is 11.4 Å². The van der Waals surface area contributed by atoms with Gasteiger partial charge in [0, 0.05) is 25.6 Å². The largest absolute Gasteiger partial charge is 0.383 e. The first-order chi connectivity index (χ1) is 13.0. The summed E-state index contributed by atoms with van der Waals surface area (Å²) in [5.41, 5.74) is 7.37. The van der Waals surface area contributed by atoms with Gasteiger partial charge in [-0.15, -0.1) is 23.7 Å². The number of thiazole rings is 1. The molecule has 0 saturated carbocycles. The maximum atomic E-state index is 12.1. The van der Waals surface area contributed by atoms with E-state index in [0.29, 0.717) is 0 Å². The maximum Gasteiger partial charge on any atom is 0.158 e. The molecule has 0 radical (unpaired) electrons. The van der Waals surface area contributed by atoms with E-state index in [1.54, 1.807) is 0 Å². The van der Waals surface area contributed by atoms with Crippen molar-refractivity contribution in [2.75, 3.05) is 31.7 Å². The summed E-state index contributed by atoms with van der Waals surface area (Å²) >= 11 is 1.45. The number of pyridine rings is 1. The monoisotopic (exact) mass is 426 g/mol. The van der Waals surface area contributed by atoms with Crippen LogP contribution in [0.3, 0.4) is 0 Å². The summed E-state index contributed by atoms with van der Waals surface area (Å²) in [5, 5.41) is 2.67. The number of halogens is 1. The van der Waals surface area contributed by atoms with E-state index in [2.05, 4.69) is 23.7 Å². The third kappa shape index (κ3) is 5.71. The van der Waals surface area contributed by atoms with Crippen molar-refractivity contribution in [2.24, 2.45) is 5.73 Å². The fourth-order valence-electron chi connectivity index (χ4n) is 3.17. The van der Waals surface area contributed by atoms with Gasteiger partial charge in [0.15, 0.2) is 5.78 Å². The zero-order chi connectivity index (χ0) is 19.4. The van der Waals surface area contributed by atoms with Gasteiger partial charge in [0.1, 0.15) is 10.8 Å². The van der Waals surface area contributed by atoms with Gasteiger partial charge in [0.2, 0.25) is 0 Å². The molecule has 2 aromatic heterocycles. The number of carbonyl (C=O) groups is 1. The lowest BCUT2D eigenvalue weighted by molar-refractivity contribution is -0.120. The van der Waals surface area contributed by atoms with Gasteiger partial charge in [-0.05, 0) is 26.0 Å². The van der Waals surface area contributed by atoms with Crippen molar-refractivity contribution in [3.05, 3.63) is 28.6 Å². The third-order valence-corrected chi connectivity index (χ3v) is 5.23. The fraction of sp³-hybridized carbons (Fsp3) is 0.526. The average Bonchev–Trinajstić information content (AvgIpc) is 3.10. The molecule has 1 aliphatic rings. The first kappa shape index (κ1) is 22.7. The van der Waals surface area contributed by atoms with Crippen molar-refractivity contribution in [1.82, 2.24) is 9.97 Å². The van der Waals surface area contributed by atoms with Crippen molar-refractivity contribution >= 4 is 35.3 Å². The maximum absolute atomic E-state index is 12.1. The number of Topliss-reactive ketones (excluding diaryl/α,β-unsaturated/α-hetero) is 1. The van der Waals surface area contributed by atoms with E-state index < -0.39 is 6.04 Å². The van der Waals surface area contributed by atoms with Gasteiger partial charge in [0.05, 0.1) is 42.7 Å². The topological polar surface area (TPSA) is 90.6 Å². The number of ketones is 1. The SMILES string of the molecule is COC[C@H](N)C(=O)Cc1nc(-c2cccc(N3C[C@@H](C)O[C@@H](C)C3)n2)cs1.Cl. The number of anilines is 1. The number of hydrogen-bond acceptors (Lipinski definition) is 8. The summed E-state index contributed by atoms with van der Waals surface area (Å²) in [7, 11) is 1.53. The van der Waals surface area contributed by atoms with Crippen LogP contribution in [0.15, 0.2) is 23.6 Å². The number of carbonyl (C=O) groups excluding carboxylic acids is 1. The van der Waals surface area contributed by atoms with E-state index >= 15 is 0 Å². The van der Waals surface area contributed by atoms with Gasteiger partial charge in [-0.25, -0.2) is 9.97 Å². The molecule has 2 N–H and O–H groups in total. The van der Waals surface area contributed by atoms with Crippen molar-refractivity contribution < 1.29 is 14.3 Å². The highest BCUT2D eigenvalue weighted by atomic mass is 35.5. The van der Waals surface area contributed by atoms with Crippen LogP contribution in [0.4, 0.5) is 5.82 Å². The molecule has 3 atom stereocenters. The number of morpholine rings is 1. The second-order valence-corrected chi connectivity index (χ2v) is 7.82. The van der Waals surface area contributed by atoms with Gasteiger partial charge >= 0.3 is 0 Å². The highest BCUT2D eigenvalue weighted by molar-refractivity contribution is 7.10. The summed E-state index contributed by atoms with van der Waals surface area (Å²) < 4.78 is 10.7. The number of nitrogens with two attached hydrogens (primary N) is 1. The highest BCUT2D eigenvalue weighted by Gasteiger charge is 2.23. The van der Waals surface area contributed by atoms with Crippen LogP contribution in [0.2, 0.25) is 0 Å². The minimum absolute atomic E-state index is 0. The molecular formula is C19H27ClN4O3S. The summed E-state index contributed by atoms with van der Waals surface area (Å²) in [4.78, 5) is 23.7. The van der Waals surface area contributed by atoms with E-state index in [1.807, 2.05) is 23.6 Å². The van der Waals surface area contributed by atoms with E-state index in [1.165, 1.54) is 18.4 Å². The molecule has 9 heteroatoms. The molecular weight excluding hydrogens is 400 g/mol. The van der Waals surface area contributed by atoms with E-state index in [0.717, 1.165) is 35.3 Å². The Kier molecular flexibility index (Phi) is 8.33. The molecule has 28 heavy (non-hydrogen) atoms. The number of aromatic nitrogens is 2. The lowest BCUT2D eigenvalue weighted by Gasteiger charge is -2.36. The first-order valence-corrected chi connectivity index (χ1v) is 9.93. The minimum atomic E-state index is -0.617. The molecule has 3 heterocycles. The number of hydrogen-bond donors (Lipinski definition) is 1. The normalized spacial score (nSPS) is 20.5.